The first-order valence-electron chi connectivity index (χ1n) is 18.9. The number of benzene rings is 1. The highest BCUT2D eigenvalue weighted by atomic mass is 32.2. The van der Waals surface area contributed by atoms with Gasteiger partial charge in [0.15, 0.2) is 5.78 Å². The van der Waals surface area contributed by atoms with Crippen LogP contribution in [0.25, 0.3) is 0 Å². The van der Waals surface area contributed by atoms with Gasteiger partial charge in [-0.2, -0.15) is 13.2 Å². The van der Waals surface area contributed by atoms with Crippen LogP contribution in [0.4, 0.5) is 17.6 Å². The van der Waals surface area contributed by atoms with E-state index in [0.717, 1.165) is 4.90 Å². The summed E-state index contributed by atoms with van der Waals surface area (Å²) in [5, 5.41) is 0. The molecule has 0 unspecified atom stereocenters. The quantitative estimate of drug-likeness (QED) is 0.178. The number of hydrogen-bond donors (Lipinski definition) is 1. The summed E-state index contributed by atoms with van der Waals surface area (Å²) in [6, 6.07) is 4.90. The molecule has 0 radical (unpaired) electrons. The smallest absolute Gasteiger partial charge is 0.427 e. The van der Waals surface area contributed by atoms with Crippen molar-refractivity contribution in [3.05, 3.63) is 42.0 Å². The number of carbonyl (C=O) groups is 5. The van der Waals surface area contributed by atoms with Gasteiger partial charge in [-0.25, -0.2) is 17.6 Å². The molecule has 0 spiro atoms. The van der Waals surface area contributed by atoms with Crippen LogP contribution in [0.2, 0.25) is 0 Å². The lowest BCUT2D eigenvalue weighted by Gasteiger charge is -2.33. The molecule has 4 aliphatic rings. The number of allylic oxidation sites excluding steroid dienone is 2. The Morgan fingerprint density at radius 2 is 1.73 bits per heavy atom. The number of Topliss-reactive ketones (excluding diaryl/α,β-unsaturated/α-hetero) is 1. The molecule has 2 aliphatic carbocycles. The summed E-state index contributed by atoms with van der Waals surface area (Å²) in [6.07, 6.45) is -2.21. The van der Waals surface area contributed by atoms with Crippen LogP contribution in [0, 0.1) is 29.1 Å². The monoisotopic (exact) mass is 814 g/mol. The lowest BCUT2D eigenvalue weighted by molar-refractivity contribution is -0.257. The predicted molar refractivity (Wildman–Crippen MR) is 193 cm³/mol. The second-order valence-corrected chi connectivity index (χ2v) is 18.5. The predicted octanol–water partition coefficient (Wildman–Crippen LogP) is 5.64. The van der Waals surface area contributed by atoms with Crippen molar-refractivity contribution in [3.8, 4) is 5.75 Å². The van der Waals surface area contributed by atoms with Gasteiger partial charge in [-0.1, -0.05) is 38.1 Å². The number of alkyl halides is 4. The third-order valence-electron chi connectivity index (χ3n) is 11.9. The first kappa shape index (κ1) is 43.1. The zero-order valence-corrected chi connectivity index (χ0v) is 33.0. The Morgan fingerprint density at radius 3 is 2.36 bits per heavy atom. The van der Waals surface area contributed by atoms with Crippen molar-refractivity contribution in [2.45, 2.75) is 114 Å². The lowest BCUT2D eigenvalue weighted by Crippen LogP contribution is -2.49. The zero-order chi connectivity index (χ0) is 41.4. The van der Waals surface area contributed by atoms with Crippen LogP contribution in [0.15, 0.2) is 36.4 Å². The van der Waals surface area contributed by atoms with Gasteiger partial charge in [0, 0.05) is 12.8 Å². The van der Waals surface area contributed by atoms with E-state index in [-0.39, 0.29) is 49.5 Å². The number of esters is 2. The normalized spacial score (nSPS) is 30.1. The van der Waals surface area contributed by atoms with Crippen molar-refractivity contribution >= 4 is 39.6 Å². The Morgan fingerprint density at radius 1 is 1.05 bits per heavy atom. The van der Waals surface area contributed by atoms with Crippen LogP contribution >= 0.6 is 0 Å². The van der Waals surface area contributed by atoms with Gasteiger partial charge in [0.25, 0.3) is 0 Å². The van der Waals surface area contributed by atoms with Gasteiger partial charge in [0.1, 0.15) is 28.8 Å². The average Bonchev–Trinajstić information content (AvgIpc) is 4.02. The van der Waals surface area contributed by atoms with Crippen molar-refractivity contribution in [1.29, 1.82) is 0 Å². The molecule has 12 nitrogen and oxygen atoms in total. The number of halogens is 4. The zero-order valence-electron chi connectivity index (χ0n) is 32.2. The van der Waals surface area contributed by atoms with Gasteiger partial charge >= 0.3 is 18.1 Å². The SMILES string of the molecule is COc1ccccc1C(=O)O[C@@H]1C[C@H]2C(=O)C[C@]3(C(=O)NS(=O)(=O)C4(CF)CC4)C[C@H]3/C=C\CC[C@@H](C)C[C@@H](C)[C@H](CC(=O)OC(C)(C)C(F)(F)F)C(=O)N2C1. The van der Waals surface area contributed by atoms with Crippen LogP contribution in [0.3, 0.4) is 0 Å². The van der Waals surface area contributed by atoms with Crippen LogP contribution < -0.4 is 9.46 Å². The van der Waals surface area contributed by atoms with Gasteiger partial charge in [0.2, 0.25) is 27.4 Å². The Labute approximate surface area is 324 Å². The van der Waals surface area contributed by atoms with Crippen LogP contribution in [0.1, 0.15) is 95.8 Å². The first-order chi connectivity index (χ1) is 26.1. The number of amides is 2. The molecule has 2 saturated carbocycles. The Kier molecular flexibility index (Phi) is 12.4. The van der Waals surface area contributed by atoms with Gasteiger partial charge in [-0.3, -0.25) is 23.9 Å². The molecule has 2 aliphatic heterocycles. The average molecular weight is 815 g/mol. The highest BCUT2D eigenvalue weighted by molar-refractivity contribution is 7.91. The molecule has 1 aromatic rings. The number of nitrogens with one attached hydrogen (secondary N) is 1. The van der Waals surface area contributed by atoms with Crippen LogP contribution in [-0.4, -0.2) is 91.9 Å². The first-order valence-corrected chi connectivity index (χ1v) is 20.3. The van der Waals surface area contributed by atoms with Crippen molar-refractivity contribution in [3.63, 3.8) is 0 Å². The van der Waals surface area contributed by atoms with E-state index in [1.54, 1.807) is 25.1 Å². The maximum Gasteiger partial charge on any atom is 0.427 e. The molecule has 1 saturated heterocycles. The summed E-state index contributed by atoms with van der Waals surface area (Å²) in [5.74, 6) is -6.68. The topological polar surface area (TPSA) is 162 Å². The molecule has 2 heterocycles. The van der Waals surface area contributed by atoms with E-state index in [1.165, 1.54) is 19.2 Å². The number of sulfonamides is 1. The molecule has 1 aromatic carbocycles. The van der Waals surface area contributed by atoms with Gasteiger partial charge < -0.3 is 19.1 Å². The molecular weight excluding hydrogens is 764 g/mol. The van der Waals surface area contributed by atoms with Gasteiger partial charge in [-0.15, -0.1) is 0 Å². The number of rotatable bonds is 10. The molecule has 0 bridgehead atoms. The fraction of sp³-hybridized carbons (Fsp3) is 0.667. The van der Waals surface area contributed by atoms with Crippen molar-refractivity contribution < 1.29 is 64.2 Å². The minimum absolute atomic E-state index is 0.0362. The van der Waals surface area contributed by atoms with Gasteiger partial charge in [0.05, 0.1) is 37.5 Å². The largest absolute Gasteiger partial charge is 0.496 e. The molecular formula is C39H50F4N2O10S. The van der Waals surface area contributed by atoms with E-state index in [2.05, 4.69) is 0 Å². The number of ketones is 1. The van der Waals surface area contributed by atoms with E-state index in [0.29, 0.717) is 33.1 Å². The van der Waals surface area contributed by atoms with Crippen molar-refractivity contribution in [2.75, 3.05) is 20.3 Å². The van der Waals surface area contributed by atoms with E-state index in [4.69, 9.17) is 14.2 Å². The molecule has 5 rings (SSSR count). The Balaban J connectivity index is 1.49. The van der Waals surface area contributed by atoms with E-state index >= 15 is 0 Å². The highest BCUT2D eigenvalue weighted by Crippen LogP contribution is 2.58. The molecule has 310 valence electrons. The highest BCUT2D eigenvalue weighted by Gasteiger charge is 2.63. The molecule has 17 heteroatoms. The summed E-state index contributed by atoms with van der Waals surface area (Å²) in [5.41, 5.74) is -4.33. The fourth-order valence-corrected chi connectivity index (χ4v) is 9.28. The summed E-state index contributed by atoms with van der Waals surface area (Å²) in [4.78, 5) is 70.6. The maximum atomic E-state index is 14.6. The summed E-state index contributed by atoms with van der Waals surface area (Å²) in [7, 11) is -3.07. The summed E-state index contributed by atoms with van der Waals surface area (Å²) < 4.78 is 97.4. The third kappa shape index (κ3) is 8.91. The molecule has 1 N–H and O–H groups in total. The molecule has 3 fully saturated rings. The molecule has 7 atom stereocenters. The number of nitrogens with zero attached hydrogens (tertiary/aromatic N) is 1. The number of carbonyl (C=O) groups excluding carboxylic acids is 5. The second-order valence-electron chi connectivity index (χ2n) is 16.4. The fourth-order valence-electron chi connectivity index (χ4n) is 7.83. The van der Waals surface area contributed by atoms with Crippen molar-refractivity contribution in [2.24, 2.45) is 29.1 Å². The second kappa shape index (κ2) is 16.1. The number of fused-ring (bicyclic) bond motifs is 2. The lowest BCUT2D eigenvalue weighted by atomic mass is 9.82. The number of hydrogen-bond acceptors (Lipinski definition) is 10. The van der Waals surface area contributed by atoms with Crippen LogP contribution in [0.5, 0.6) is 5.75 Å². The maximum absolute atomic E-state index is 14.6. The van der Waals surface area contributed by atoms with Crippen LogP contribution in [-0.2, 0) is 38.7 Å². The number of ether oxygens (including phenoxy) is 3. The minimum atomic E-state index is -4.90. The van der Waals surface area contributed by atoms with E-state index < -0.39 is 111 Å². The number of para-hydroxylation sites is 1. The molecule has 2 amide bonds. The Hall–Kier alpha value is -4.02. The number of methoxy groups -OCH3 is 1. The van der Waals surface area contributed by atoms with E-state index in [1.807, 2.05) is 17.7 Å². The Bertz CT molecular complexity index is 1850. The van der Waals surface area contributed by atoms with Gasteiger partial charge in [-0.05, 0) is 82.3 Å². The molecule has 56 heavy (non-hydrogen) atoms. The third-order valence-corrected chi connectivity index (χ3v) is 14.0. The van der Waals surface area contributed by atoms with E-state index in [9.17, 15) is 50.0 Å². The molecule has 0 aromatic heterocycles. The minimum Gasteiger partial charge on any atom is -0.496 e. The standard InChI is InChI=1S/C39H50F4N2O10S/c1-23-10-6-7-11-25-19-38(25,35(50)44-56(51,52)37(22-40)14-15-37)20-30(46)29-17-26(54-34(49)27-12-8-9-13-31(27)53-5)21-45(29)33(48)28(24(2)16-23)18-32(47)55-36(3,4)39(41,42)43/h7-9,11-13,23-26,28-29H,6,10,14-22H2,1-5H3,(H,44,50)/b11-7-/t23-,24-,25-,26-,28+,29+,38-/m1/s1. The summed E-state index contributed by atoms with van der Waals surface area (Å²) >= 11 is 0. The van der Waals surface area contributed by atoms with Crippen molar-refractivity contribution in [1.82, 2.24) is 9.62 Å². The summed E-state index contributed by atoms with van der Waals surface area (Å²) in [6.45, 7) is 3.50.